The lowest BCUT2D eigenvalue weighted by molar-refractivity contribution is -0.138. The summed E-state index contributed by atoms with van der Waals surface area (Å²) in [6.45, 7) is 0.392. The first-order chi connectivity index (χ1) is 6.18. The lowest BCUT2D eigenvalue weighted by Gasteiger charge is -2.30. The van der Waals surface area contributed by atoms with E-state index in [1.165, 1.54) is 11.8 Å². The molecule has 0 spiro atoms. The summed E-state index contributed by atoms with van der Waals surface area (Å²) in [7, 11) is 0. The van der Waals surface area contributed by atoms with E-state index in [9.17, 15) is 9.59 Å². The molecule has 2 aliphatic rings. The molecule has 0 aromatic heterocycles. The Morgan fingerprint density at radius 1 is 1.54 bits per heavy atom. The summed E-state index contributed by atoms with van der Waals surface area (Å²) in [6.07, 6.45) is 2.09. The molecule has 1 N–H and O–H groups in total. The quantitative estimate of drug-likeness (QED) is 0.692. The van der Waals surface area contributed by atoms with Crippen LogP contribution in [0, 0.1) is 0 Å². The van der Waals surface area contributed by atoms with Crippen molar-refractivity contribution in [2.24, 2.45) is 0 Å². The van der Waals surface area contributed by atoms with Crippen LogP contribution >= 0.6 is 11.8 Å². The van der Waals surface area contributed by atoms with Crippen LogP contribution in [0.5, 0.6) is 0 Å². The number of amides is 1. The average molecular weight is 201 g/mol. The van der Waals surface area contributed by atoms with Crippen LogP contribution in [0.3, 0.4) is 0 Å². The molecule has 13 heavy (non-hydrogen) atoms. The molecule has 1 aliphatic carbocycles. The molecule has 1 amide bonds. The van der Waals surface area contributed by atoms with Crippen molar-refractivity contribution >= 4 is 23.6 Å². The molecular formula is C8H11NO3S. The maximum Gasteiger partial charge on any atom is 0.318 e. The fraction of sp³-hybridized carbons (Fsp3) is 0.750. The minimum Gasteiger partial charge on any atom is -0.480 e. The lowest BCUT2D eigenvalue weighted by Crippen LogP contribution is -2.46. The molecule has 1 unspecified atom stereocenters. The van der Waals surface area contributed by atoms with Gasteiger partial charge < -0.3 is 10.0 Å². The van der Waals surface area contributed by atoms with Gasteiger partial charge in [-0.15, -0.1) is 11.8 Å². The van der Waals surface area contributed by atoms with Gasteiger partial charge in [0.1, 0.15) is 5.25 Å². The van der Waals surface area contributed by atoms with E-state index < -0.39 is 11.2 Å². The number of nitrogens with zero attached hydrogens (tertiary/aromatic N) is 1. The Balaban J connectivity index is 2.00. The van der Waals surface area contributed by atoms with E-state index in [0.29, 0.717) is 18.3 Å². The van der Waals surface area contributed by atoms with Crippen LogP contribution in [0.25, 0.3) is 0 Å². The fourth-order valence-electron chi connectivity index (χ4n) is 1.48. The number of carboxylic acid groups (broad SMARTS) is 1. The summed E-state index contributed by atoms with van der Waals surface area (Å²) < 4.78 is 0. The summed E-state index contributed by atoms with van der Waals surface area (Å²) in [6, 6.07) is 0.343. The minimum atomic E-state index is -0.803. The third kappa shape index (κ3) is 1.80. The van der Waals surface area contributed by atoms with Gasteiger partial charge in [-0.3, -0.25) is 9.59 Å². The van der Waals surface area contributed by atoms with Gasteiger partial charge in [0, 0.05) is 12.6 Å². The van der Waals surface area contributed by atoms with E-state index in [-0.39, 0.29) is 5.91 Å². The predicted octanol–water partition coefficient (Wildman–Crippen LogP) is 0.177. The highest BCUT2D eigenvalue weighted by atomic mass is 32.2. The Labute approximate surface area is 80.3 Å². The maximum atomic E-state index is 11.4. The minimum absolute atomic E-state index is 0.102. The smallest absolute Gasteiger partial charge is 0.318 e. The zero-order valence-corrected chi connectivity index (χ0v) is 7.92. The third-order valence-electron chi connectivity index (χ3n) is 2.35. The third-order valence-corrected chi connectivity index (χ3v) is 3.52. The topological polar surface area (TPSA) is 57.6 Å². The van der Waals surface area contributed by atoms with Gasteiger partial charge in [-0.25, -0.2) is 0 Å². The van der Waals surface area contributed by atoms with Crippen molar-refractivity contribution in [3.63, 3.8) is 0 Å². The van der Waals surface area contributed by atoms with Crippen LogP contribution in [0.15, 0.2) is 0 Å². The number of carbonyl (C=O) groups is 2. The van der Waals surface area contributed by atoms with Crippen LogP contribution in [0.4, 0.5) is 0 Å². The van der Waals surface area contributed by atoms with E-state index >= 15 is 0 Å². The Morgan fingerprint density at radius 3 is 2.77 bits per heavy atom. The Bertz CT molecular complexity index is 252. The second kappa shape index (κ2) is 3.21. The van der Waals surface area contributed by atoms with E-state index in [1.807, 2.05) is 0 Å². The van der Waals surface area contributed by atoms with Crippen LogP contribution in [-0.4, -0.2) is 45.5 Å². The molecule has 1 saturated carbocycles. The van der Waals surface area contributed by atoms with Crippen molar-refractivity contribution < 1.29 is 14.7 Å². The first-order valence-electron chi connectivity index (χ1n) is 4.32. The largest absolute Gasteiger partial charge is 0.480 e. The fourth-order valence-corrected chi connectivity index (χ4v) is 2.39. The summed E-state index contributed by atoms with van der Waals surface area (Å²) in [4.78, 5) is 23.8. The van der Waals surface area contributed by atoms with Crippen LogP contribution in [-0.2, 0) is 9.59 Å². The molecule has 0 aromatic carbocycles. The van der Waals surface area contributed by atoms with E-state index in [1.54, 1.807) is 4.90 Å². The Morgan fingerprint density at radius 2 is 2.23 bits per heavy atom. The van der Waals surface area contributed by atoms with Gasteiger partial charge in [0.2, 0.25) is 5.91 Å². The molecule has 5 heteroatoms. The second-order valence-corrected chi connectivity index (χ2v) is 4.61. The first kappa shape index (κ1) is 8.87. The van der Waals surface area contributed by atoms with Crippen molar-refractivity contribution in [1.82, 2.24) is 4.90 Å². The van der Waals surface area contributed by atoms with Crippen LogP contribution in [0.2, 0.25) is 0 Å². The van der Waals surface area contributed by atoms with Gasteiger partial charge in [-0.1, -0.05) is 0 Å². The molecule has 2 rings (SSSR count). The molecule has 0 radical (unpaired) electrons. The van der Waals surface area contributed by atoms with Gasteiger partial charge in [-0.2, -0.15) is 0 Å². The number of aliphatic carboxylic acids is 1. The zero-order valence-electron chi connectivity index (χ0n) is 7.10. The van der Waals surface area contributed by atoms with Crippen molar-refractivity contribution in [2.45, 2.75) is 24.1 Å². The highest BCUT2D eigenvalue weighted by molar-refractivity contribution is 8.01. The van der Waals surface area contributed by atoms with Crippen molar-refractivity contribution in [2.75, 3.05) is 12.3 Å². The summed E-state index contributed by atoms with van der Waals surface area (Å²) in [5.74, 6) is -0.374. The Kier molecular flexibility index (Phi) is 2.19. The predicted molar refractivity (Wildman–Crippen MR) is 48.6 cm³/mol. The summed E-state index contributed by atoms with van der Waals surface area (Å²) >= 11 is 1.24. The molecule has 72 valence electrons. The number of carboxylic acids is 1. The zero-order chi connectivity index (χ0) is 9.42. The SMILES string of the molecule is O=C(O)C1CN(C2CC2)C(=O)CS1. The highest BCUT2D eigenvalue weighted by Crippen LogP contribution is 2.31. The number of carbonyl (C=O) groups excluding carboxylic acids is 1. The second-order valence-electron chi connectivity index (χ2n) is 3.42. The maximum absolute atomic E-state index is 11.4. The van der Waals surface area contributed by atoms with E-state index in [4.69, 9.17) is 5.11 Å². The molecule has 0 bridgehead atoms. The number of hydrogen-bond donors (Lipinski definition) is 1. The standard InChI is InChI=1S/C8H11NO3S/c10-7-4-13-6(8(11)12)3-9(7)5-1-2-5/h5-6H,1-4H2,(H,11,12). The molecule has 1 heterocycles. The average Bonchev–Trinajstić information content (AvgIpc) is 2.87. The van der Waals surface area contributed by atoms with E-state index in [0.717, 1.165) is 12.8 Å². The van der Waals surface area contributed by atoms with Crippen molar-refractivity contribution in [3.8, 4) is 0 Å². The molecular weight excluding hydrogens is 190 g/mol. The number of thioether (sulfide) groups is 1. The molecule has 1 saturated heterocycles. The molecule has 0 aromatic rings. The molecule has 4 nitrogen and oxygen atoms in total. The normalized spacial score (nSPS) is 29.1. The highest BCUT2D eigenvalue weighted by Gasteiger charge is 2.38. The van der Waals surface area contributed by atoms with Gasteiger partial charge in [0.05, 0.1) is 5.75 Å². The summed E-state index contributed by atoms with van der Waals surface area (Å²) in [5.41, 5.74) is 0. The van der Waals surface area contributed by atoms with Crippen LogP contribution < -0.4 is 0 Å². The molecule has 1 aliphatic heterocycles. The lowest BCUT2D eigenvalue weighted by atomic mass is 10.3. The van der Waals surface area contributed by atoms with Gasteiger partial charge in [0.15, 0.2) is 0 Å². The van der Waals surface area contributed by atoms with Gasteiger partial charge in [0.25, 0.3) is 0 Å². The number of rotatable bonds is 2. The molecule has 1 atom stereocenters. The van der Waals surface area contributed by atoms with Crippen LogP contribution in [0.1, 0.15) is 12.8 Å². The number of hydrogen-bond acceptors (Lipinski definition) is 3. The van der Waals surface area contributed by atoms with Gasteiger partial charge >= 0.3 is 5.97 Å². The first-order valence-corrected chi connectivity index (χ1v) is 5.37. The molecule has 2 fully saturated rings. The monoisotopic (exact) mass is 201 g/mol. The summed E-state index contributed by atoms with van der Waals surface area (Å²) in [5, 5.41) is 8.37. The van der Waals surface area contributed by atoms with Gasteiger partial charge in [-0.05, 0) is 12.8 Å². The Hall–Kier alpha value is -0.710. The van der Waals surface area contributed by atoms with Crippen molar-refractivity contribution in [1.29, 1.82) is 0 Å². The van der Waals surface area contributed by atoms with E-state index in [2.05, 4.69) is 0 Å². The van der Waals surface area contributed by atoms with Crippen molar-refractivity contribution in [3.05, 3.63) is 0 Å².